The Morgan fingerprint density at radius 3 is 2.56 bits per heavy atom. The van der Waals surface area contributed by atoms with Gasteiger partial charge in [-0.1, -0.05) is 0 Å². The molecule has 0 fully saturated rings. The van der Waals surface area contributed by atoms with Crippen molar-refractivity contribution in [2.24, 2.45) is 7.05 Å². The van der Waals surface area contributed by atoms with Crippen molar-refractivity contribution >= 4 is 5.97 Å². The van der Waals surface area contributed by atoms with Gasteiger partial charge in [0.2, 0.25) is 0 Å². The van der Waals surface area contributed by atoms with Crippen molar-refractivity contribution in [2.75, 3.05) is 7.11 Å². The lowest BCUT2D eigenvalue weighted by atomic mass is 9.98. The van der Waals surface area contributed by atoms with Gasteiger partial charge in [0.1, 0.15) is 0 Å². The second kappa shape index (κ2) is 4.64. The van der Waals surface area contributed by atoms with Crippen LogP contribution in [0.5, 0.6) is 0 Å². The fraction of sp³-hybridized carbons (Fsp3) is 0.286. The first kappa shape index (κ1) is 12.4. The Morgan fingerprint density at radius 1 is 1.28 bits per heavy atom. The Morgan fingerprint density at radius 2 is 2.00 bits per heavy atom. The number of nitrogens with zero attached hydrogens (tertiary/aromatic N) is 2. The van der Waals surface area contributed by atoms with Crippen LogP contribution in [-0.4, -0.2) is 22.9 Å². The quantitative estimate of drug-likeness (QED) is 0.762. The van der Waals surface area contributed by atoms with Crippen LogP contribution >= 0.6 is 0 Å². The van der Waals surface area contributed by atoms with Crippen LogP contribution in [0.1, 0.15) is 21.5 Å². The molecule has 0 unspecified atom stereocenters. The van der Waals surface area contributed by atoms with Crippen molar-refractivity contribution < 1.29 is 9.53 Å². The molecule has 0 amide bonds. The minimum Gasteiger partial charge on any atom is -0.465 e. The third kappa shape index (κ3) is 2.01. The third-order valence-electron chi connectivity index (χ3n) is 3.07. The highest BCUT2D eigenvalue weighted by atomic mass is 16.5. The highest BCUT2D eigenvalue weighted by Crippen LogP contribution is 2.26. The summed E-state index contributed by atoms with van der Waals surface area (Å²) in [5.41, 5.74) is 4.67. The molecule has 4 nitrogen and oxygen atoms in total. The number of aryl methyl sites for hydroxylation is 3. The van der Waals surface area contributed by atoms with Gasteiger partial charge in [-0.25, -0.2) is 4.79 Å². The number of aromatic nitrogens is 2. The van der Waals surface area contributed by atoms with Gasteiger partial charge in [0.15, 0.2) is 0 Å². The van der Waals surface area contributed by atoms with Gasteiger partial charge in [-0.15, -0.1) is 0 Å². The molecule has 94 valence electrons. The summed E-state index contributed by atoms with van der Waals surface area (Å²) in [5, 5.41) is 4.16. The van der Waals surface area contributed by atoms with Crippen LogP contribution in [0.2, 0.25) is 0 Å². The number of carbonyl (C=O) groups excluding carboxylic acids is 1. The van der Waals surface area contributed by atoms with Gasteiger partial charge in [-0.05, 0) is 43.2 Å². The number of methoxy groups -OCH3 is 1. The summed E-state index contributed by atoms with van der Waals surface area (Å²) in [5.74, 6) is -0.299. The first-order valence-electron chi connectivity index (χ1n) is 5.72. The van der Waals surface area contributed by atoms with E-state index in [0.717, 1.165) is 22.4 Å². The molecule has 2 rings (SSSR count). The molecule has 0 saturated carbocycles. The standard InChI is InChI=1S/C14H16N2O2/c1-9-8-12(14(17)18-4)10(2)7-11(9)13-5-6-15-16(13)3/h5-8H,1-4H3. The second-order valence-electron chi connectivity index (χ2n) is 4.31. The summed E-state index contributed by atoms with van der Waals surface area (Å²) in [6.07, 6.45) is 1.76. The summed E-state index contributed by atoms with van der Waals surface area (Å²) < 4.78 is 6.59. The van der Waals surface area contributed by atoms with Crippen LogP contribution in [0, 0.1) is 13.8 Å². The van der Waals surface area contributed by atoms with E-state index in [9.17, 15) is 4.79 Å². The van der Waals surface area contributed by atoms with Gasteiger partial charge in [0.05, 0.1) is 18.4 Å². The first-order chi connectivity index (χ1) is 8.54. The van der Waals surface area contributed by atoms with E-state index in [0.29, 0.717) is 5.56 Å². The average Bonchev–Trinajstić information content (AvgIpc) is 2.77. The monoisotopic (exact) mass is 244 g/mol. The lowest BCUT2D eigenvalue weighted by Gasteiger charge is -2.11. The number of hydrogen-bond donors (Lipinski definition) is 0. The molecule has 0 aliphatic rings. The first-order valence-corrected chi connectivity index (χ1v) is 5.72. The minimum absolute atomic E-state index is 0.299. The van der Waals surface area contributed by atoms with Gasteiger partial charge in [0, 0.05) is 18.8 Å². The molecule has 2 aromatic rings. The molecule has 0 aliphatic carbocycles. The van der Waals surface area contributed by atoms with Crippen molar-refractivity contribution in [3.63, 3.8) is 0 Å². The van der Waals surface area contributed by atoms with Crippen LogP contribution < -0.4 is 0 Å². The largest absolute Gasteiger partial charge is 0.465 e. The van der Waals surface area contributed by atoms with Crippen LogP contribution in [0.3, 0.4) is 0 Å². The Balaban J connectivity index is 2.57. The van der Waals surface area contributed by atoms with E-state index < -0.39 is 0 Å². The minimum atomic E-state index is -0.299. The maximum Gasteiger partial charge on any atom is 0.338 e. The Hall–Kier alpha value is -2.10. The maximum absolute atomic E-state index is 11.6. The number of benzene rings is 1. The number of hydrogen-bond acceptors (Lipinski definition) is 3. The molecule has 0 N–H and O–H groups in total. The van der Waals surface area contributed by atoms with Crippen molar-refractivity contribution in [3.05, 3.63) is 41.1 Å². The Kier molecular flexibility index (Phi) is 3.19. The molecular weight excluding hydrogens is 228 g/mol. The summed E-state index contributed by atoms with van der Waals surface area (Å²) in [6.45, 7) is 3.89. The maximum atomic E-state index is 11.6. The molecule has 1 aromatic heterocycles. The van der Waals surface area contributed by atoms with Gasteiger partial charge in [-0.3, -0.25) is 4.68 Å². The number of rotatable bonds is 2. The van der Waals surface area contributed by atoms with Gasteiger partial charge in [-0.2, -0.15) is 5.10 Å². The average molecular weight is 244 g/mol. The second-order valence-corrected chi connectivity index (χ2v) is 4.31. The summed E-state index contributed by atoms with van der Waals surface area (Å²) >= 11 is 0. The van der Waals surface area contributed by atoms with E-state index >= 15 is 0 Å². The normalized spacial score (nSPS) is 10.4. The molecular formula is C14H16N2O2. The lowest BCUT2D eigenvalue weighted by Crippen LogP contribution is -2.05. The van der Waals surface area contributed by atoms with E-state index in [1.807, 2.05) is 43.8 Å². The summed E-state index contributed by atoms with van der Waals surface area (Å²) in [4.78, 5) is 11.6. The third-order valence-corrected chi connectivity index (χ3v) is 3.07. The van der Waals surface area contributed by atoms with Gasteiger partial charge >= 0.3 is 5.97 Å². The van der Waals surface area contributed by atoms with Crippen LogP contribution in [0.4, 0.5) is 0 Å². The summed E-state index contributed by atoms with van der Waals surface area (Å²) in [7, 11) is 3.30. The van der Waals surface area contributed by atoms with E-state index in [2.05, 4.69) is 5.10 Å². The molecule has 0 aliphatic heterocycles. The fourth-order valence-corrected chi connectivity index (χ4v) is 2.06. The molecule has 1 heterocycles. The molecule has 18 heavy (non-hydrogen) atoms. The lowest BCUT2D eigenvalue weighted by molar-refractivity contribution is 0.0600. The van der Waals surface area contributed by atoms with Gasteiger partial charge < -0.3 is 4.74 Å². The van der Waals surface area contributed by atoms with Crippen molar-refractivity contribution in [1.29, 1.82) is 0 Å². The van der Waals surface area contributed by atoms with Crippen molar-refractivity contribution in [3.8, 4) is 11.3 Å². The number of ether oxygens (including phenoxy) is 1. The van der Waals surface area contributed by atoms with Crippen LogP contribution in [-0.2, 0) is 11.8 Å². The van der Waals surface area contributed by atoms with E-state index in [-0.39, 0.29) is 5.97 Å². The highest BCUT2D eigenvalue weighted by molar-refractivity contribution is 5.92. The van der Waals surface area contributed by atoms with Crippen LogP contribution in [0.15, 0.2) is 24.4 Å². The molecule has 0 spiro atoms. The number of carbonyl (C=O) groups is 1. The number of esters is 1. The molecule has 0 saturated heterocycles. The van der Waals surface area contributed by atoms with Gasteiger partial charge in [0.25, 0.3) is 0 Å². The van der Waals surface area contributed by atoms with E-state index in [4.69, 9.17) is 4.74 Å². The predicted octanol–water partition coefficient (Wildman–Crippen LogP) is 2.49. The molecule has 0 atom stereocenters. The van der Waals surface area contributed by atoms with E-state index in [1.165, 1.54) is 7.11 Å². The topological polar surface area (TPSA) is 44.1 Å². The molecule has 0 radical (unpaired) electrons. The Labute approximate surface area is 106 Å². The van der Waals surface area contributed by atoms with E-state index in [1.54, 1.807) is 6.20 Å². The fourth-order valence-electron chi connectivity index (χ4n) is 2.06. The molecule has 1 aromatic carbocycles. The smallest absolute Gasteiger partial charge is 0.338 e. The Bertz CT molecular complexity index is 600. The predicted molar refractivity (Wildman–Crippen MR) is 69.5 cm³/mol. The SMILES string of the molecule is COC(=O)c1cc(C)c(-c2ccnn2C)cc1C. The zero-order valence-electron chi connectivity index (χ0n) is 11.0. The zero-order chi connectivity index (χ0) is 13.3. The highest BCUT2D eigenvalue weighted by Gasteiger charge is 2.14. The molecule has 0 bridgehead atoms. The van der Waals surface area contributed by atoms with Crippen molar-refractivity contribution in [2.45, 2.75) is 13.8 Å². The summed E-state index contributed by atoms with van der Waals surface area (Å²) in [6, 6.07) is 5.82. The van der Waals surface area contributed by atoms with Crippen LogP contribution in [0.25, 0.3) is 11.3 Å². The molecule has 4 heteroatoms. The zero-order valence-corrected chi connectivity index (χ0v) is 11.0. The van der Waals surface area contributed by atoms with Crippen molar-refractivity contribution in [1.82, 2.24) is 9.78 Å².